The van der Waals surface area contributed by atoms with Crippen molar-refractivity contribution in [3.63, 3.8) is 0 Å². The van der Waals surface area contributed by atoms with Crippen molar-refractivity contribution in [2.45, 2.75) is 33.4 Å². The summed E-state index contributed by atoms with van der Waals surface area (Å²) in [7, 11) is 1.88. The molecule has 3 aromatic rings. The summed E-state index contributed by atoms with van der Waals surface area (Å²) in [5.74, 6) is -0.0624. The molecule has 0 fully saturated rings. The second kappa shape index (κ2) is 6.11. The van der Waals surface area contributed by atoms with Crippen molar-refractivity contribution in [2.24, 2.45) is 12.5 Å². The van der Waals surface area contributed by atoms with Crippen LogP contribution in [-0.2, 0) is 18.4 Å². The van der Waals surface area contributed by atoms with Crippen molar-refractivity contribution in [3.05, 3.63) is 48.4 Å². The fourth-order valence-corrected chi connectivity index (χ4v) is 2.88. The lowest BCUT2D eigenvalue weighted by molar-refractivity contribution is -0.123. The number of hydrogen-bond acceptors (Lipinski definition) is 3. The third-order valence-corrected chi connectivity index (χ3v) is 4.07. The Morgan fingerprint density at radius 3 is 2.62 bits per heavy atom. The highest BCUT2D eigenvalue weighted by molar-refractivity contribution is 5.82. The average Bonchev–Trinajstić information content (AvgIpc) is 3.11. The van der Waals surface area contributed by atoms with E-state index in [1.165, 1.54) is 0 Å². The van der Waals surface area contributed by atoms with E-state index in [-0.39, 0.29) is 23.9 Å². The summed E-state index contributed by atoms with van der Waals surface area (Å²) in [4.78, 5) is 12.6. The van der Waals surface area contributed by atoms with Gasteiger partial charge in [-0.2, -0.15) is 10.2 Å². The molecule has 0 spiro atoms. The predicted molar refractivity (Wildman–Crippen MR) is 93.3 cm³/mol. The molecule has 1 amide bonds. The van der Waals surface area contributed by atoms with Crippen LogP contribution in [0.25, 0.3) is 10.9 Å². The maximum Gasteiger partial charge on any atom is 0.242 e. The molecule has 1 aromatic carbocycles. The highest BCUT2D eigenvalue weighted by Crippen LogP contribution is 2.32. The van der Waals surface area contributed by atoms with E-state index in [1.807, 2.05) is 37.5 Å². The molecule has 0 saturated carbocycles. The number of aryl methyl sites for hydroxylation is 1. The molecule has 0 radical (unpaired) electrons. The molecule has 0 aliphatic heterocycles. The Morgan fingerprint density at radius 1 is 1.21 bits per heavy atom. The maximum atomic E-state index is 12.6. The predicted octanol–water partition coefficient (Wildman–Crippen LogP) is 2.67. The van der Waals surface area contributed by atoms with Crippen LogP contribution in [0.2, 0.25) is 0 Å². The molecule has 24 heavy (non-hydrogen) atoms. The monoisotopic (exact) mass is 325 g/mol. The van der Waals surface area contributed by atoms with E-state index in [9.17, 15) is 4.79 Å². The van der Waals surface area contributed by atoms with Gasteiger partial charge in [-0.25, -0.2) is 0 Å². The Bertz CT molecular complexity index is 856. The first-order chi connectivity index (χ1) is 11.3. The number of amides is 1. The molecule has 0 aliphatic rings. The highest BCUT2D eigenvalue weighted by atomic mass is 16.2. The van der Waals surface area contributed by atoms with Crippen molar-refractivity contribution >= 4 is 16.8 Å². The second-order valence-electron chi connectivity index (χ2n) is 7.17. The van der Waals surface area contributed by atoms with E-state index < -0.39 is 0 Å². The number of nitrogens with zero attached hydrogens (tertiary/aromatic N) is 4. The average molecular weight is 325 g/mol. The van der Waals surface area contributed by atoms with Gasteiger partial charge >= 0.3 is 0 Å². The van der Waals surface area contributed by atoms with Gasteiger partial charge in [0.2, 0.25) is 5.91 Å². The van der Waals surface area contributed by atoms with Crippen LogP contribution >= 0.6 is 0 Å². The van der Waals surface area contributed by atoms with Gasteiger partial charge < -0.3 is 5.32 Å². The minimum absolute atomic E-state index is 0.0624. The third kappa shape index (κ3) is 3.32. The lowest BCUT2D eigenvalue weighted by Gasteiger charge is -2.30. The van der Waals surface area contributed by atoms with E-state index in [4.69, 9.17) is 0 Å². The van der Waals surface area contributed by atoms with E-state index in [0.717, 1.165) is 16.5 Å². The number of aromatic nitrogens is 4. The molecule has 6 nitrogen and oxygen atoms in total. The number of fused-ring (bicyclic) bond motifs is 1. The normalized spacial score (nSPS) is 13.2. The molecule has 0 aliphatic carbocycles. The minimum Gasteiger partial charge on any atom is -0.347 e. The van der Waals surface area contributed by atoms with Gasteiger partial charge in [-0.15, -0.1) is 0 Å². The van der Waals surface area contributed by atoms with Gasteiger partial charge in [0.05, 0.1) is 24.0 Å². The van der Waals surface area contributed by atoms with Crippen LogP contribution in [0.1, 0.15) is 32.4 Å². The summed E-state index contributed by atoms with van der Waals surface area (Å²) in [5.41, 5.74) is 1.84. The van der Waals surface area contributed by atoms with Crippen molar-refractivity contribution in [1.82, 2.24) is 24.9 Å². The zero-order valence-electron chi connectivity index (χ0n) is 14.5. The molecule has 2 heterocycles. The third-order valence-electron chi connectivity index (χ3n) is 4.07. The Hall–Kier alpha value is -2.63. The van der Waals surface area contributed by atoms with Gasteiger partial charge in [0, 0.05) is 24.2 Å². The van der Waals surface area contributed by atoms with Crippen LogP contribution in [-0.4, -0.2) is 25.5 Å². The molecule has 0 saturated heterocycles. The first-order valence-corrected chi connectivity index (χ1v) is 8.03. The van der Waals surface area contributed by atoms with Crippen LogP contribution in [0, 0.1) is 5.41 Å². The molecule has 3 rings (SSSR count). The first-order valence-electron chi connectivity index (χ1n) is 8.03. The van der Waals surface area contributed by atoms with Crippen molar-refractivity contribution in [3.8, 4) is 0 Å². The van der Waals surface area contributed by atoms with Crippen LogP contribution in [0.4, 0.5) is 0 Å². The van der Waals surface area contributed by atoms with Crippen LogP contribution < -0.4 is 5.32 Å². The van der Waals surface area contributed by atoms with Gasteiger partial charge in [-0.1, -0.05) is 39.0 Å². The molecule has 1 atom stereocenters. The molecule has 126 valence electrons. The summed E-state index contributed by atoms with van der Waals surface area (Å²) < 4.78 is 3.48. The number of para-hydroxylation sites is 1. The molecule has 0 bridgehead atoms. The van der Waals surface area contributed by atoms with E-state index >= 15 is 0 Å². The fraction of sp³-hybridized carbons (Fsp3) is 0.389. The minimum atomic E-state index is -0.120. The zero-order chi connectivity index (χ0) is 17.3. The molecule has 1 N–H and O–H groups in total. The summed E-state index contributed by atoms with van der Waals surface area (Å²) in [5, 5.41) is 12.7. The Labute approximate surface area is 141 Å². The quantitative estimate of drug-likeness (QED) is 0.802. The first kappa shape index (κ1) is 16.2. The van der Waals surface area contributed by atoms with Gasteiger partial charge in [0.15, 0.2) is 0 Å². The summed E-state index contributed by atoms with van der Waals surface area (Å²) in [6, 6.07) is 7.77. The van der Waals surface area contributed by atoms with Gasteiger partial charge in [0.1, 0.15) is 6.54 Å². The summed E-state index contributed by atoms with van der Waals surface area (Å²) in [6.07, 6.45) is 5.53. The SMILES string of the molecule is Cn1cc(C(NC(=O)Cn2ncc3ccccc32)C(C)(C)C)cn1. The van der Waals surface area contributed by atoms with Crippen molar-refractivity contribution in [2.75, 3.05) is 0 Å². The number of rotatable bonds is 4. The number of carbonyl (C=O) groups excluding carboxylic acids is 1. The zero-order valence-corrected chi connectivity index (χ0v) is 14.5. The van der Waals surface area contributed by atoms with Gasteiger partial charge in [-0.05, 0) is 11.5 Å². The summed E-state index contributed by atoms with van der Waals surface area (Å²) in [6.45, 7) is 6.51. The fourth-order valence-electron chi connectivity index (χ4n) is 2.88. The molecule has 6 heteroatoms. The Balaban J connectivity index is 1.79. The number of carbonyl (C=O) groups is 1. The molecule has 2 aromatic heterocycles. The molecular formula is C18H23N5O. The Morgan fingerprint density at radius 2 is 1.96 bits per heavy atom. The smallest absolute Gasteiger partial charge is 0.242 e. The Kier molecular flexibility index (Phi) is 4.13. The number of nitrogens with one attached hydrogen (secondary N) is 1. The van der Waals surface area contributed by atoms with Crippen molar-refractivity contribution in [1.29, 1.82) is 0 Å². The number of benzene rings is 1. The lowest BCUT2D eigenvalue weighted by atomic mass is 9.83. The van der Waals surface area contributed by atoms with Crippen LogP contribution in [0.5, 0.6) is 0 Å². The lowest BCUT2D eigenvalue weighted by Crippen LogP contribution is -2.38. The number of hydrogen-bond donors (Lipinski definition) is 1. The van der Waals surface area contributed by atoms with E-state index in [0.29, 0.717) is 0 Å². The van der Waals surface area contributed by atoms with Crippen LogP contribution in [0.3, 0.4) is 0 Å². The maximum absolute atomic E-state index is 12.6. The van der Waals surface area contributed by atoms with Gasteiger partial charge in [-0.3, -0.25) is 14.2 Å². The topological polar surface area (TPSA) is 64.7 Å². The molecule has 1 unspecified atom stereocenters. The standard InChI is InChI=1S/C18H23N5O/c1-18(2,3)17(14-10-19-22(4)11-14)21-16(24)12-23-15-8-6-5-7-13(15)9-20-23/h5-11,17H,12H2,1-4H3,(H,21,24). The van der Waals surface area contributed by atoms with E-state index in [1.54, 1.807) is 21.8 Å². The van der Waals surface area contributed by atoms with Crippen molar-refractivity contribution < 1.29 is 4.79 Å². The summed E-state index contributed by atoms with van der Waals surface area (Å²) >= 11 is 0. The van der Waals surface area contributed by atoms with Gasteiger partial charge in [0.25, 0.3) is 0 Å². The molecular weight excluding hydrogens is 302 g/mol. The highest BCUT2D eigenvalue weighted by Gasteiger charge is 2.29. The second-order valence-corrected chi connectivity index (χ2v) is 7.17. The van der Waals surface area contributed by atoms with Crippen LogP contribution in [0.15, 0.2) is 42.9 Å². The largest absolute Gasteiger partial charge is 0.347 e. The van der Waals surface area contributed by atoms with E-state index in [2.05, 4.69) is 36.3 Å².